The number of hydrogen-bond donors (Lipinski definition) is 2. The highest BCUT2D eigenvalue weighted by Crippen LogP contribution is 2.43. The van der Waals surface area contributed by atoms with E-state index in [4.69, 9.17) is 15.6 Å². The molecule has 2 saturated carbocycles. The van der Waals surface area contributed by atoms with E-state index in [1.807, 2.05) is 6.07 Å². The van der Waals surface area contributed by atoms with Gasteiger partial charge in [0.25, 0.3) is 0 Å². The number of rotatable bonds is 4. The molecule has 2 aliphatic rings. The van der Waals surface area contributed by atoms with Crippen molar-refractivity contribution in [2.45, 2.75) is 57.0 Å². The molecule has 2 aliphatic carbocycles. The van der Waals surface area contributed by atoms with Crippen LogP contribution in [0.3, 0.4) is 0 Å². The van der Waals surface area contributed by atoms with Gasteiger partial charge in [0, 0.05) is 24.8 Å². The van der Waals surface area contributed by atoms with E-state index in [2.05, 4.69) is 17.3 Å². The van der Waals surface area contributed by atoms with Crippen molar-refractivity contribution in [1.82, 2.24) is 9.97 Å². The van der Waals surface area contributed by atoms with Crippen LogP contribution in [0.25, 0.3) is 0 Å². The molecule has 3 rings (SSSR count). The highest BCUT2D eigenvalue weighted by molar-refractivity contribution is 5.37. The Hall–Kier alpha value is -1.20. The van der Waals surface area contributed by atoms with Crippen LogP contribution in [0, 0.1) is 5.92 Å². The summed E-state index contributed by atoms with van der Waals surface area (Å²) in [5.41, 5.74) is 3.45. The molecule has 0 spiro atoms. The fraction of sp³-hybridized carbons (Fsp3) is 0.733. The number of nitrogens with zero attached hydrogens (tertiary/aromatic N) is 2. The lowest BCUT2D eigenvalue weighted by Gasteiger charge is -2.37. The zero-order valence-electron chi connectivity index (χ0n) is 12.4. The van der Waals surface area contributed by atoms with Gasteiger partial charge in [-0.2, -0.15) is 0 Å². The van der Waals surface area contributed by atoms with Crippen molar-refractivity contribution in [1.29, 1.82) is 0 Å². The van der Waals surface area contributed by atoms with Gasteiger partial charge in [-0.1, -0.05) is 6.92 Å². The summed E-state index contributed by atoms with van der Waals surface area (Å²) >= 11 is 0. The second kappa shape index (κ2) is 5.30. The smallest absolute Gasteiger partial charge is 0.162 e. The summed E-state index contributed by atoms with van der Waals surface area (Å²) in [4.78, 5) is 9.38. The minimum Gasteiger partial charge on any atom is -0.370 e. The average molecular weight is 276 g/mol. The molecule has 0 radical (unpaired) electrons. The maximum Gasteiger partial charge on any atom is 0.162 e. The van der Waals surface area contributed by atoms with Crippen molar-refractivity contribution in [2.75, 3.05) is 12.5 Å². The van der Waals surface area contributed by atoms with Crippen LogP contribution in [0.1, 0.15) is 62.9 Å². The van der Waals surface area contributed by atoms with Crippen LogP contribution in [0.5, 0.6) is 0 Å². The summed E-state index contributed by atoms with van der Waals surface area (Å²) in [6.45, 7) is 2.30. The first-order chi connectivity index (χ1) is 9.66. The van der Waals surface area contributed by atoms with Crippen molar-refractivity contribution in [3.05, 3.63) is 17.6 Å². The quantitative estimate of drug-likeness (QED) is 0.653. The molecule has 2 fully saturated rings. The van der Waals surface area contributed by atoms with E-state index in [0.29, 0.717) is 11.7 Å². The molecular weight excluding hydrogens is 252 g/mol. The fourth-order valence-corrected chi connectivity index (χ4v) is 3.08. The molecule has 0 bridgehead atoms. The SMILES string of the molecule is COC1(c2nc(NN)cc(C3CC3)n2)CCC(C)CC1. The summed E-state index contributed by atoms with van der Waals surface area (Å²) in [5, 5.41) is 0. The van der Waals surface area contributed by atoms with Gasteiger partial charge in [-0.15, -0.1) is 0 Å². The van der Waals surface area contributed by atoms with Gasteiger partial charge in [0.2, 0.25) is 0 Å². The molecule has 110 valence electrons. The molecule has 0 saturated heterocycles. The van der Waals surface area contributed by atoms with E-state index in [1.165, 1.54) is 12.8 Å². The first-order valence-corrected chi connectivity index (χ1v) is 7.58. The third-order valence-electron chi connectivity index (χ3n) is 4.77. The molecule has 0 amide bonds. The Morgan fingerprint density at radius 2 is 1.95 bits per heavy atom. The molecule has 1 heterocycles. The van der Waals surface area contributed by atoms with Crippen molar-refractivity contribution in [3.63, 3.8) is 0 Å². The second-order valence-electron chi connectivity index (χ2n) is 6.30. The standard InChI is InChI=1S/C15H24N4O/c1-10-5-7-15(20-2,8-6-10)14-17-12(11-3-4-11)9-13(18-14)19-16/h9-11H,3-8,16H2,1-2H3,(H,17,18,19). The van der Waals surface area contributed by atoms with Crippen LogP contribution >= 0.6 is 0 Å². The van der Waals surface area contributed by atoms with Gasteiger partial charge in [0.05, 0.1) is 0 Å². The second-order valence-corrected chi connectivity index (χ2v) is 6.30. The fourth-order valence-electron chi connectivity index (χ4n) is 3.08. The van der Waals surface area contributed by atoms with Crippen LogP contribution in [0.2, 0.25) is 0 Å². The largest absolute Gasteiger partial charge is 0.370 e. The van der Waals surface area contributed by atoms with Crippen LogP contribution in [-0.2, 0) is 10.3 Å². The number of ether oxygens (including phenoxy) is 1. The predicted molar refractivity (Wildman–Crippen MR) is 78.1 cm³/mol. The molecule has 0 unspecified atom stereocenters. The summed E-state index contributed by atoms with van der Waals surface area (Å²) in [6.07, 6.45) is 6.74. The zero-order valence-corrected chi connectivity index (χ0v) is 12.4. The topological polar surface area (TPSA) is 73.1 Å². The number of nitrogen functional groups attached to an aromatic ring is 1. The Bertz CT molecular complexity index is 479. The van der Waals surface area contributed by atoms with Crippen LogP contribution < -0.4 is 11.3 Å². The molecule has 0 aliphatic heterocycles. The van der Waals surface area contributed by atoms with E-state index < -0.39 is 0 Å². The number of nitrogens with two attached hydrogens (primary N) is 1. The number of hydrazine groups is 1. The summed E-state index contributed by atoms with van der Waals surface area (Å²) < 4.78 is 5.87. The minimum absolute atomic E-state index is 0.330. The molecule has 3 N–H and O–H groups in total. The zero-order chi connectivity index (χ0) is 14.2. The lowest BCUT2D eigenvalue weighted by Crippen LogP contribution is -2.35. The number of nitrogens with one attached hydrogen (secondary N) is 1. The highest BCUT2D eigenvalue weighted by Gasteiger charge is 2.40. The first kappa shape index (κ1) is 13.8. The van der Waals surface area contributed by atoms with Gasteiger partial charge in [0.15, 0.2) is 5.82 Å². The Kier molecular flexibility index (Phi) is 3.65. The number of aromatic nitrogens is 2. The van der Waals surface area contributed by atoms with Gasteiger partial charge >= 0.3 is 0 Å². The normalized spacial score (nSPS) is 30.2. The number of methoxy groups -OCH3 is 1. The third kappa shape index (κ3) is 2.52. The lowest BCUT2D eigenvalue weighted by atomic mass is 9.79. The Balaban J connectivity index is 1.96. The summed E-state index contributed by atoms with van der Waals surface area (Å²) in [7, 11) is 1.78. The maximum absolute atomic E-state index is 5.87. The average Bonchev–Trinajstić information content (AvgIpc) is 3.32. The summed E-state index contributed by atoms with van der Waals surface area (Å²) in [5.74, 6) is 8.42. The molecule has 0 atom stereocenters. The highest BCUT2D eigenvalue weighted by atomic mass is 16.5. The van der Waals surface area contributed by atoms with E-state index in [-0.39, 0.29) is 5.60 Å². The minimum atomic E-state index is -0.330. The molecule has 1 aromatic rings. The number of hydrogen-bond acceptors (Lipinski definition) is 5. The monoisotopic (exact) mass is 276 g/mol. The third-order valence-corrected chi connectivity index (χ3v) is 4.77. The maximum atomic E-state index is 5.87. The van der Waals surface area contributed by atoms with Crippen molar-refractivity contribution < 1.29 is 4.74 Å². The van der Waals surface area contributed by atoms with Crippen molar-refractivity contribution in [3.8, 4) is 0 Å². The van der Waals surface area contributed by atoms with E-state index in [1.54, 1.807) is 7.11 Å². The molecular formula is C15H24N4O. The predicted octanol–water partition coefficient (Wildman–Crippen LogP) is 2.69. The van der Waals surface area contributed by atoms with Gasteiger partial charge < -0.3 is 10.2 Å². The first-order valence-electron chi connectivity index (χ1n) is 7.58. The van der Waals surface area contributed by atoms with Gasteiger partial charge in [-0.05, 0) is 44.4 Å². The molecule has 20 heavy (non-hydrogen) atoms. The Morgan fingerprint density at radius 1 is 1.25 bits per heavy atom. The van der Waals surface area contributed by atoms with Crippen LogP contribution in [0.15, 0.2) is 6.07 Å². The van der Waals surface area contributed by atoms with Gasteiger partial charge in [0.1, 0.15) is 11.4 Å². The van der Waals surface area contributed by atoms with Crippen molar-refractivity contribution in [2.24, 2.45) is 11.8 Å². The van der Waals surface area contributed by atoms with E-state index >= 15 is 0 Å². The molecule has 1 aromatic heterocycles. The molecule has 5 heteroatoms. The lowest BCUT2D eigenvalue weighted by molar-refractivity contribution is -0.0597. The van der Waals surface area contributed by atoms with E-state index in [9.17, 15) is 0 Å². The molecule has 0 aromatic carbocycles. The van der Waals surface area contributed by atoms with Crippen LogP contribution in [0.4, 0.5) is 5.82 Å². The Labute approximate surface area is 120 Å². The summed E-state index contributed by atoms with van der Waals surface area (Å²) in [6, 6.07) is 1.97. The van der Waals surface area contributed by atoms with Crippen LogP contribution in [-0.4, -0.2) is 17.1 Å². The van der Waals surface area contributed by atoms with E-state index in [0.717, 1.165) is 43.1 Å². The Morgan fingerprint density at radius 3 is 2.50 bits per heavy atom. The van der Waals surface area contributed by atoms with Crippen molar-refractivity contribution >= 4 is 5.82 Å². The molecule has 5 nitrogen and oxygen atoms in total. The van der Waals surface area contributed by atoms with Gasteiger partial charge in [-0.3, -0.25) is 0 Å². The van der Waals surface area contributed by atoms with Gasteiger partial charge in [-0.25, -0.2) is 15.8 Å². The number of anilines is 1.